The maximum atomic E-state index is 13.3. The summed E-state index contributed by atoms with van der Waals surface area (Å²) in [4.78, 5) is 30.3. The van der Waals surface area contributed by atoms with E-state index in [1.165, 1.54) is 18.3 Å². The number of rotatable bonds is 8. The topological polar surface area (TPSA) is 93.2 Å². The summed E-state index contributed by atoms with van der Waals surface area (Å²) in [5.41, 5.74) is 1.92. The molecule has 1 amide bonds. The Morgan fingerprint density at radius 1 is 1.00 bits per heavy atom. The number of benzene rings is 2. The summed E-state index contributed by atoms with van der Waals surface area (Å²) in [5.74, 6) is -0.260. The summed E-state index contributed by atoms with van der Waals surface area (Å²) >= 11 is 6.00. The predicted molar refractivity (Wildman–Crippen MR) is 132 cm³/mol. The van der Waals surface area contributed by atoms with Crippen LogP contribution >= 0.6 is 11.6 Å². The van der Waals surface area contributed by atoms with Gasteiger partial charge in [-0.1, -0.05) is 49.2 Å². The standard InChI is InChI=1S/C26H25ClN2O4S/c1-2-34(32,33)22-11-4-18(5-12-22)16-24(30)29-21-10-13-23(28-17-21)25(31)26(14-3-15-26)19-6-8-20(27)9-7-19/h4-13,17H,2-3,14-16H2,1H3,(H,29,30). The van der Waals surface area contributed by atoms with Gasteiger partial charge in [0.05, 0.1) is 34.4 Å². The third-order valence-corrected chi connectivity index (χ3v) is 8.35. The quantitative estimate of drug-likeness (QED) is 0.442. The molecule has 0 radical (unpaired) electrons. The van der Waals surface area contributed by atoms with Crippen molar-refractivity contribution in [3.8, 4) is 0 Å². The van der Waals surface area contributed by atoms with Crippen molar-refractivity contribution in [2.75, 3.05) is 11.1 Å². The van der Waals surface area contributed by atoms with Crippen LogP contribution in [0.1, 0.15) is 47.8 Å². The first-order valence-corrected chi connectivity index (χ1v) is 13.1. The van der Waals surface area contributed by atoms with Crippen LogP contribution in [0.3, 0.4) is 0 Å². The van der Waals surface area contributed by atoms with Gasteiger partial charge in [-0.15, -0.1) is 0 Å². The number of carbonyl (C=O) groups excluding carboxylic acids is 2. The number of aromatic nitrogens is 1. The van der Waals surface area contributed by atoms with Gasteiger partial charge in [-0.3, -0.25) is 14.6 Å². The first-order valence-electron chi connectivity index (χ1n) is 11.1. The van der Waals surface area contributed by atoms with Crippen molar-refractivity contribution < 1.29 is 18.0 Å². The minimum Gasteiger partial charge on any atom is -0.324 e. The number of amides is 1. The minimum atomic E-state index is -3.27. The highest BCUT2D eigenvalue weighted by Gasteiger charge is 2.46. The lowest BCUT2D eigenvalue weighted by atomic mass is 9.61. The van der Waals surface area contributed by atoms with Crippen LogP contribution in [0.2, 0.25) is 5.02 Å². The third-order valence-electron chi connectivity index (χ3n) is 6.35. The number of hydrogen-bond acceptors (Lipinski definition) is 5. The largest absolute Gasteiger partial charge is 0.324 e. The molecule has 0 unspecified atom stereocenters. The monoisotopic (exact) mass is 496 g/mol. The zero-order chi connectivity index (χ0) is 24.3. The lowest BCUT2D eigenvalue weighted by Gasteiger charge is -2.40. The molecule has 2 aromatic carbocycles. The average molecular weight is 497 g/mol. The van der Waals surface area contributed by atoms with Crippen LogP contribution in [-0.2, 0) is 26.5 Å². The van der Waals surface area contributed by atoms with E-state index in [0.717, 1.165) is 24.8 Å². The van der Waals surface area contributed by atoms with Crippen molar-refractivity contribution >= 4 is 38.8 Å². The second-order valence-electron chi connectivity index (χ2n) is 8.48. The molecule has 0 spiro atoms. The summed E-state index contributed by atoms with van der Waals surface area (Å²) in [6.07, 6.45) is 4.09. The van der Waals surface area contributed by atoms with Crippen LogP contribution in [0.25, 0.3) is 0 Å². The van der Waals surface area contributed by atoms with Crippen molar-refractivity contribution in [2.24, 2.45) is 0 Å². The van der Waals surface area contributed by atoms with Crippen LogP contribution in [0.4, 0.5) is 5.69 Å². The summed E-state index contributed by atoms with van der Waals surface area (Å²) in [6, 6.07) is 17.0. The first-order chi connectivity index (χ1) is 16.2. The molecule has 3 aromatic rings. The molecule has 1 aromatic heterocycles. The van der Waals surface area contributed by atoms with Gasteiger partial charge in [-0.2, -0.15) is 0 Å². The lowest BCUT2D eigenvalue weighted by molar-refractivity contribution is -0.115. The Morgan fingerprint density at radius 3 is 2.21 bits per heavy atom. The molecule has 0 atom stereocenters. The summed E-state index contributed by atoms with van der Waals surface area (Å²) < 4.78 is 23.8. The van der Waals surface area contributed by atoms with Gasteiger partial charge in [0.15, 0.2) is 15.6 Å². The van der Waals surface area contributed by atoms with E-state index in [4.69, 9.17) is 11.6 Å². The van der Waals surface area contributed by atoms with Crippen molar-refractivity contribution in [1.29, 1.82) is 0 Å². The molecular weight excluding hydrogens is 472 g/mol. The number of carbonyl (C=O) groups is 2. The number of Topliss-reactive ketones (excluding diaryl/α,β-unsaturated/α-hetero) is 1. The molecule has 1 aliphatic carbocycles. The number of anilines is 1. The van der Waals surface area contributed by atoms with Gasteiger partial charge in [0.25, 0.3) is 0 Å². The number of nitrogens with one attached hydrogen (secondary N) is 1. The second-order valence-corrected chi connectivity index (χ2v) is 11.2. The molecule has 1 aliphatic rings. The van der Waals surface area contributed by atoms with Gasteiger partial charge < -0.3 is 5.32 Å². The second kappa shape index (κ2) is 9.68. The SMILES string of the molecule is CCS(=O)(=O)c1ccc(CC(=O)Nc2ccc(C(=O)C3(c4ccc(Cl)cc4)CCC3)nc2)cc1. The van der Waals surface area contributed by atoms with Gasteiger partial charge in [-0.25, -0.2) is 8.42 Å². The number of nitrogens with zero attached hydrogens (tertiary/aromatic N) is 1. The van der Waals surface area contributed by atoms with Gasteiger partial charge in [-0.05, 0) is 60.4 Å². The Balaban J connectivity index is 1.41. The van der Waals surface area contributed by atoms with Crippen LogP contribution in [-0.4, -0.2) is 30.8 Å². The minimum absolute atomic E-state index is 0.0268. The molecule has 0 saturated heterocycles. The number of ketones is 1. The Hall–Kier alpha value is -3.03. The third kappa shape index (κ3) is 4.91. The van der Waals surface area contributed by atoms with Crippen molar-refractivity contribution in [3.63, 3.8) is 0 Å². The highest BCUT2D eigenvalue weighted by molar-refractivity contribution is 7.91. The summed E-state index contributed by atoms with van der Waals surface area (Å²) in [5, 5.41) is 3.40. The van der Waals surface area contributed by atoms with Crippen molar-refractivity contribution in [2.45, 2.75) is 42.9 Å². The van der Waals surface area contributed by atoms with Crippen molar-refractivity contribution in [3.05, 3.63) is 88.7 Å². The molecule has 0 bridgehead atoms. The maximum Gasteiger partial charge on any atom is 0.228 e. The highest BCUT2D eigenvalue weighted by atomic mass is 35.5. The van der Waals surface area contributed by atoms with Gasteiger partial charge in [0, 0.05) is 5.02 Å². The van der Waals surface area contributed by atoms with Crippen LogP contribution < -0.4 is 5.32 Å². The fourth-order valence-corrected chi connectivity index (χ4v) is 5.18. The van der Waals surface area contributed by atoms with Gasteiger partial charge >= 0.3 is 0 Å². The van der Waals surface area contributed by atoms with E-state index in [9.17, 15) is 18.0 Å². The molecule has 4 rings (SSSR count). The van der Waals surface area contributed by atoms with E-state index >= 15 is 0 Å². The lowest BCUT2D eigenvalue weighted by Crippen LogP contribution is -2.42. The molecule has 1 saturated carbocycles. The number of halogens is 1. The molecule has 8 heteroatoms. The molecule has 1 heterocycles. The molecule has 6 nitrogen and oxygen atoms in total. The van der Waals surface area contributed by atoms with E-state index in [0.29, 0.717) is 22.0 Å². The Kier molecular flexibility index (Phi) is 6.86. The van der Waals surface area contributed by atoms with Crippen molar-refractivity contribution in [1.82, 2.24) is 4.98 Å². The van der Waals surface area contributed by atoms with E-state index in [2.05, 4.69) is 10.3 Å². The summed E-state index contributed by atoms with van der Waals surface area (Å²) in [6.45, 7) is 1.59. The molecule has 0 aliphatic heterocycles. The van der Waals surface area contributed by atoms with Crippen LogP contribution in [0.5, 0.6) is 0 Å². The number of sulfone groups is 1. The molecule has 176 valence electrons. The zero-order valence-electron chi connectivity index (χ0n) is 18.8. The predicted octanol–water partition coefficient (Wildman–Crippen LogP) is 5.01. The normalized spacial score (nSPS) is 14.8. The molecule has 1 fully saturated rings. The fourth-order valence-electron chi connectivity index (χ4n) is 4.17. The van der Waals surface area contributed by atoms with Crippen LogP contribution in [0.15, 0.2) is 71.8 Å². The zero-order valence-corrected chi connectivity index (χ0v) is 20.3. The van der Waals surface area contributed by atoms with Gasteiger partial charge in [0.1, 0.15) is 5.69 Å². The summed E-state index contributed by atoms with van der Waals surface area (Å²) in [7, 11) is -3.27. The highest BCUT2D eigenvalue weighted by Crippen LogP contribution is 2.46. The van der Waals surface area contributed by atoms with Gasteiger partial charge in [0.2, 0.25) is 5.91 Å². The smallest absolute Gasteiger partial charge is 0.228 e. The maximum absolute atomic E-state index is 13.3. The molecule has 34 heavy (non-hydrogen) atoms. The average Bonchev–Trinajstić information content (AvgIpc) is 2.80. The van der Waals surface area contributed by atoms with E-state index in [1.54, 1.807) is 43.3 Å². The van der Waals surface area contributed by atoms with E-state index in [1.807, 2.05) is 12.1 Å². The number of hydrogen-bond donors (Lipinski definition) is 1. The Bertz CT molecular complexity index is 1300. The molecule has 1 N–H and O–H groups in total. The number of pyridine rings is 1. The Labute approximate surface area is 204 Å². The van der Waals surface area contributed by atoms with E-state index < -0.39 is 15.3 Å². The first kappa shape index (κ1) is 24.1. The fraction of sp³-hybridized carbons (Fsp3) is 0.269. The molecular formula is C26H25ClN2O4S. The van der Waals surface area contributed by atoms with Crippen LogP contribution in [0, 0.1) is 0 Å². The Morgan fingerprint density at radius 2 is 1.68 bits per heavy atom. The van der Waals surface area contributed by atoms with E-state index in [-0.39, 0.29) is 28.8 Å².